The van der Waals surface area contributed by atoms with Gasteiger partial charge in [-0.2, -0.15) is 0 Å². The molecule has 1 aliphatic carbocycles. The third-order valence-electron chi connectivity index (χ3n) is 5.70. The van der Waals surface area contributed by atoms with Gasteiger partial charge in [0.05, 0.1) is 34.6 Å². The first kappa shape index (κ1) is 19.0. The average molecular weight is 377 g/mol. The molecular formula is C19H25ClN4O2. The lowest BCUT2D eigenvalue weighted by Gasteiger charge is -2.35. The molecule has 1 aromatic heterocycles. The summed E-state index contributed by atoms with van der Waals surface area (Å²) in [5, 5.41) is 16.8. The fourth-order valence-electron chi connectivity index (χ4n) is 4.08. The first-order chi connectivity index (χ1) is 12.0. The lowest BCUT2D eigenvalue weighted by atomic mass is 9.77. The van der Waals surface area contributed by atoms with Crippen molar-refractivity contribution in [3.05, 3.63) is 35.2 Å². The van der Waals surface area contributed by atoms with Gasteiger partial charge in [0.15, 0.2) is 0 Å². The fraction of sp³-hybridized carbons (Fsp3) is 0.526. The van der Waals surface area contributed by atoms with Crippen LogP contribution in [0.3, 0.4) is 0 Å². The van der Waals surface area contributed by atoms with Gasteiger partial charge in [-0.1, -0.05) is 0 Å². The summed E-state index contributed by atoms with van der Waals surface area (Å²) in [5.74, 6) is 0.919. The zero-order chi connectivity index (χ0) is 17.6. The molecule has 2 aromatic rings. The van der Waals surface area contributed by atoms with E-state index in [-0.39, 0.29) is 24.4 Å². The maximum atomic E-state index is 12.7. The van der Waals surface area contributed by atoms with Gasteiger partial charge in [0.2, 0.25) is 0 Å². The van der Waals surface area contributed by atoms with Crippen molar-refractivity contribution >= 4 is 29.3 Å². The molecule has 0 bridgehead atoms. The van der Waals surface area contributed by atoms with Crippen LogP contribution in [0.2, 0.25) is 0 Å². The highest BCUT2D eigenvalue weighted by molar-refractivity contribution is 5.97. The molecule has 26 heavy (non-hydrogen) atoms. The minimum atomic E-state index is -0.477. The molecule has 1 aromatic carbocycles. The van der Waals surface area contributed by atoms with Crippen molar-refractivity contribution in [1.29, 1.82) is 0 Å². The van der Waals surface area contributed by atoms with Crippen molar-refractivity contribution in [2.75, 3.05) is 13.1 Å². The predicted octanol–water partition coefficient (Wildman–Crippen LogP) is 1.76. The van der Waals surface area contributed by atoms with Crippen LogP contribution in [-0.2, 0) is 0 Å². The molecule has 1 saturated heterocycles. The highest BCUT2D eigenvalue weighted by Gasteiger charge is 2.39. The van der Waals surface area contributed by atoms with Crippen LogP contribution in [0.15, 0.2) is 18.2 Å². The maximum Gasteiger partial charge on any atom is 0.251 e. The van der Waals surface area contributed by atoms with E-state index in [1.807, 2.05) is 19.9 Å². The second-order valence-electron chi connectivity index (χ2n) is 7.40. The summed E-state index contributed by atoms with van der Waals surface area (Å²) in [6.45, 7) is 5.80. The summed E-state index contributed by atoms with van der Waals surface area (Å²) in [7, 11) is 0. The van der Waals surface area contributed by atoms with Crippen LogP contribution in [0.25, 0.3) is 11.0 Å². The van der Waals surface area contributed by atoms with Gasteiger partial charge in [0.1, 0.15) is 0 Å². The molecule has 4 rings (SSSR count). The SMILES string of the molecule is Cc1nc2ccc(C(=O)N[C@H]3C[C@H]4CNC[C@H]4C[C@@H]3O)cc2nc1C.Cl. The number of rotatable bonds is 2. The largest absolute Gasteiger partial charge is 0.391 e. The number of halogens is 1. The number of hydrogen-bond donors (Lipinski definition) is 3. The van der Waals surface area contributed by atoms with E-state index in [9.17, 15) is 9.90 Å². The molecule has 1 amide bonds. The van der Waals surface area contributed by atoms with E-state index in [0.29, 0.717) is 17.4 Å². The van der Waals surface area contributed by atoms with E-state index in [4.69, 9.17) is 0 Å². The normalized spacial score (nSPS) is 27.7. The van der Waals surface area contributed by atoms with Crippen LogP contribution in [0.1, 0.15) is 34.6 Å². The maximum absolute atomic E-state index is 12.7. The number of aryl methyl sites for hydroxylation is 2. The van der Waals surface area contributed by atoms with Gasteiger partial charge < -0.3 is 15.7 Å². The third-order valence-corrected chi connectivity index (χ3v) is 5.70. The lowest BCUT2D eigenvalue weighted by Crippen LogP contribution is -2.49. The van der Waals surface area contributed by atoms with Crippen LogP contribution in [0, 0.1) is 25.7 Å². The Labute approximate surface area is 159 Å². The summed E-state index contributed by atoms with van der Waals surface area (Å²) < 4.78 is 0. The van der Waals surface area contributed by atoms with Gasteiger partial charge in [0.25, 0.3) is 5.91 Å². The fourth-order valence-corrected chi connectivity index (χ4v) is 4.08. The Bertz CT molecular complexity index is 829. The number of carbonyl (C=O) groups is 1. The molecular weight excluding hydrogens is 352 g/mol. The van der Waals surface area contributed by atoms with Gasteiger partial charge in [-0.25, -0.2) is 9.97 Å². The summed E-state index contributed by atoms with van der Waals surface area (Å²) in [5.41, 5.74) is 3.84. The number of fused-ring (bicyclic) bond motifs is 2. The van der Waals surface area contributed by atoms with Crippen LogP contribution >= 0.6 is 12.4 Å². The minimum Gasteiger partial charge on any atom is -0.391 e. The molecule has 1 saturated carbocycles. The van der Waals surface area contributed by atoms with E-state index >= 15 is 0 Å². The van der Waals surface area contributed by atoms with E-state index in [1.54, 1.807) is 12.1 Å². The monoisotopic (exact) mass is 376 g/mol. The standard InChI is InChI=1S/C19H24N4O2.ClH/c1-10-11(2)22-16-5-12(3-4-15(16)21-10)19(25)23-17-6-13-8-20-9-14(13)7-18(17)24;/h3-5,13-14,17-18,20,24H,6-9H2,1-2H3,(H,23,25);1H/t13-,14+,17-,18-;/m0./s1. The number of carbonyl (C=O) groups excluding carboxylic acids is 1. The number of hydrogen-bond acceptors (Lipinski definition) is 5. The van der Waals surface area contributed by atoms with Crippen LogP contribution in [-0.4, -0.2) is 46.2 Å². The molecule has 140 valence electrons. The second kappa shape index (κ2) is 7.47. The minimum absolute atomic E-state index is 0. The number of aliphatic hydroxyl groups is 1. The molecule has 2 heterocycles. The summed E-state index contributed by atoms with van der Waals surface area (Å²) >= 11 is 0. The number of nitrogens with zero attached hydrogens (tertiary/aromatic N) is 2. The molecule has 0 unspecified atom stereocenters. The number of aliphatic hydroxyl groups excluding tert-OH is 1. The van der Waals surface area contributed by atoms with E-state index < -0.39 is 6.10 Å². The first-order valence-corrected chi connectivity index (χ1v) is 8.96. The molecule has 1 aliphatic heterocycles. The van der Waals surface area contributed by atoms with Gasteiger partial charge >= 0.3 is 0 Å². The smallest absolute Gasteiger partial charge is 0.251 e. The zero-order valence-corrected chi connectivity index (χ0v) is 15.8. The van der Waals surface area contributed by atoms with Crippen LogP contribution in [0.4, 0.5) is 0 Å². The van der Waals surface area contributed by atoms with Crippen molar-refractivity contribution in [3.8, 4) is 0 Å². The third kappa shape index (κ3) is 3.54. The number of aromatic nitrogens is 2. The summed E-state index contributed by atoms with van der Waals surface area (Å²) in [4.78, 5) is 21.7. The topological polar surface area (TPSA) is 87.1 Å². The first-order valence-electron chi connectivity index (χ1n) is 8.96. The molecule has 3 N–H and O–H groups in total. The van der Waals surface area contributed by atoms with E-state index in [2.05, 4.69) is 20.6 Å². The Kier molecular flexibility index (Phi) is 5.46. The molecule has 0 spiro atoms. The van der Waals surface area contributed by atoms with Crippen LogP contribution < -0.4 is 10.6 Å². The Morgan fingerprint density at radius 1 is 1.12 bits per heavy atom. The summed E-state index contributed by atoms with van der Waals surface area (Å²) in [6, 6.07) is 5.20. The van der Waals surface area contributed by atoms with Gasteiger partial charge in [-0.05, 0) is 69.8 Å². The summed E-state index contributed by atoms with van der Waals surface area (Å²) in [6.07, 6.45) is 1.11. The molecule has 7 heteroatoms. The highest BCUT2D eigenvalue weighted by Crippen LogP contribution is 2.33. The second-order valence-corrected chi connectivity index (χ2v) is 7.40. The molecule has 2 aliphatic rings. The van der Waals surface area contributed by atoms with Crippen molar-refractivity contribution in [1.82, 2.24) is 20.6 Å². The Morgan fingerprint density at radius 2 is 1.77 bits per heavy atom. The Morgan fingerprint density at radius 3 is 2.50 bits per heavy atom. The van der Waals surface area contributed by atoms with E-state index in [0.717, 1.165) is 48.4 Å². The highest BCUT2D eigenvalue weighted by atomic mass is 35.5. The number of benzene rings is 1. The van der Waals surface area contributed by atoms with Gasteiger partial charge in [-0.15, -0.1) is 12.4 Å². The lowest BCUT2D eigenvalue weighted by molar-refractivity contribution is 0.0462. The van der Waals surface area contributed by atoms with Gasteiger partial charge in [0, 0.05) is 5.56 Å². The van der Waals surface area contributed by atoms with E-state index in [1.165, 1.54) is 0 Å². The van der Waals surface area contributed by atoms with Gasteiger partial charge in [-0.3, -0.25) is 4.79 Å². The average Bonchev–Trinajstić information content (AvgIpc) is 3.02. The van der Waals surface area contributed by atoms with Crippen LogP contribution in [0.5, 0.6) is 0 Å². The zero-order valence-electron chi connectivity index (χ0n) is 15.0. The molecule has 2 fully saturated rings. The Hall–Kier alpha value is -1.76. The van der Waals surface area contributed by atoms with Crippen molar-refractivity contribution in [3.63, 3.8) is 0 Å². The predicted molar refractivity (Wildman–Crippen MR) is 103 cm³/mol. The van der Waals surface area contributed by atoms with Crippen molar-refractivity contribution < 1.29 is 9.90 Å². The number of amides is 1. The van der Waals surface area contributed by atoms with Crippen molar-refractivity contribution in [2.45, 2.75) is 38.8 Å². The molecule has 0 radical (unpaired) electrons. The Balaban J connectivity index is 0.00000196. The van der Waals surface area contributed by atoms with Crippen molar-refractivity contribution in [2.24, 2.45) is 11.8 Å². The molecule has 4 atom stereocenters. The molecule has 6 nitrogen and oxygen atoms in total. The quantitative estimate of drug-likeness (QED) is 0.743. The number of nitrogens with one attached hydrogen (secondary N) is 2.